The summed E-state index contributed by atoms with van der Waals surface area (Å²) in [5, 5.41) is 3.68. The summed E-state index contributed by atoms with van der Waals surface area (Å²) in [7, 11) is 0. The molecule has 0 radical (unpaired) electrons. The summed E-state index contributed by atoms with van der Waals surface area (Å²) >= 11 is 6.38. The van der Waals surface area contributed by atoms with E-state index in [0.717, 1.165) is 27.9 Å². The summed E-state index contributed by atoms with van der Waals surface area (Å²) in [5.41, 5.74) is 5.26. The van der Waals surface area contributed by atoms with Crippen LogP contribution in [0.15, 0.2) is 63.8 Å². The Morgan fingerprint density at radius 3 is 2.36 bits per heavy atom. The van der Waals surface area contributed by atoms with E-state index in [0.29, 0.717) is 21.6 Å². The van der Waals surface area contributed by atoms with Gasteiger partial charge in [-0.2, -0.15) is 0 Å². The average molecular weight is 462 g/mol. The molecule has 0 aliphatic heterocycles. The highest BCUT2D eigenvalue weighted by Gasteiger charge is 2.21. The number of hydrogen-bond donors (Lipinski definition) is 1. The Balaban J connectivity index is 1.71. The molecule has 0 aliphatic carbocycles. The van der Waals surface area contributed by atoms with Crippen LogP contribution in [0.5, 0.6) is 5.75 Å². The molecule has 6 heteroatoms. The second kappa shape index (κ2) is 9.12. The second-order valence-corrected chi connectivity index (χ2v) is 8.59. The molecule has 0 unspecified atom stereocenters. The Bertz CT molecular complexity index is 1420. The van der Waals surface area contributed by atoms with Gasteiger partial charge in [0.15, 0.2) is 12.4 Å². The molecule has 0 saturated carbocycles. The van der Waals surface area contributed by atoms with Crippen LogP contribution in [-0.2, 0) is 4.79 Å². The molecule has 3 aromatic carbocycles. The van der Waals surface area contributed by atoms with Crippen molar-refractivity contribution < 1.29 is 13.9 Å². The molecule has 0 spiro atoms. The first kappa shape index (κ1) is 22.6. The lowest BCUT2D eigenvalue weighted by molar-refractivity contribution is -0.118. The predicted molar refractivity (Wildman–Crippen MR) is 132 cm³/mol. The number of fused-ring (bicyclic) bond motifs is 1. The third-order valence-corrected chi connectivity index (χ3v) is 5.74. The molecule has 4 aromatic rings. The number of amides is 1. The van der Waals surface area contributed by atoms with Crippen LogP contribution in [0.4, 0.5) is 5.69 Å². The van der Waals surface area contributed by atoms with Gasteiger partial charge < -0.3 is 14.5 Å². The molecule has 5 nitrogen and oxygen atoms in total. The van der Waals surface area contributed by atoms with Gasteiger partial charge in [-0.1, -0.05) is 53.1 Å². The van der Waals surface area contributed by atoms with E-state index in [1.807, 2.05) is 45.9 Å². The maximum Gasteiger partial charge on any atom is 0.262 e. The van der Waals surface area contributed by atoms with Crippen LogP contribution < -0.4 is 15.5 Å². The van der Waals surface area contributed by atoms with Crippen LogP contribution in [-0.4, -0.2) is 12.5 Å². The molecule has 1 heterocycles. The fraction of sp³-hybridized carbons (Fsp3) is 0.185. The lowest BCUT2D eigenvalue weighted by Gasteiger charge is -2.15. The zero-order valence-corrected chi connectivity index (χ0v) is 19.7. The van der Waals surface area contributed by atoms with E-state index in [2.05, 4.69) is 5.32 Å². The Morgan fingerprint density at radius 1 is 0.970 bits per heavy atom. The van der Waals surface area contributed by atoms with Crippen molar-refractivity contribution in [2.45, 2.75) is 27.7 Å². The van der Waals surface area contributed by atoms with E-state index in [4.69, 9.17) is 20.8 Å². The smallest absolute Gasteiger partial charge is 0.262 e. The largest absolute Gasteiger partial charge is 0.476 e. The van der Waals surface area contributed by atoms with Gasteiger partial charge in [-0.15, -0.1) is 0 Å². The highest BCUT2D eigenvalue weighted by molar-refractivity contribution is 6.33. The number of benzene rings is 3. The number of carbonyl (C=O) groups is 1. The number of nitrogens with one attached hydrogen (secondary N) is 1. The van der Waals surface area contributed by atoms with Crippen molar-refractivity contribution >= 4 is 34.2 Å². The Labute approximate surface area is 197 Å². The molecule has 0 bridgehead atoms. The summed E-state index contributed by atoms with van der Waals surface area (Å²) in [5.74, 6) is -0.231. The van der Waals surface area contributed by atoms with Crippen molar-refractivity contribution in [3.05, 3.63) is 92.1 Å². The predicted octanol–water partition coefficient (Wildman–Crippen LogP) is 6.36. The fourth-order valence-corrected chi connectivity index (χ4v) is 4.16. The highest BCUT2D eigenvalue weighted by atomic mass is 35.5. The number of halogens is 1. The zero-order valence-electron chi connectivity index (χ0n) is 18.9. The van der Waals surface area contributed by atoms with E-state index in [-0.39, 0.29) is 29.5 Å². The summed E-state index contributed by atoms with van der Waals surface area (Å²) in [6.45, 7) is 7.41. The first-order valence-corrected chi connectivity index (χ1v) is 10.9. The number of anilines is 1. The number of rotatable bonds is 5. The van der Waals surface area contributed by atoms with Crippen molar-refractivity contribution in [2.24, 2.45) is 0 Å². The van der Waals surface area contributed by atoms with E-state index in [1.165, 1.54) is 0 Å². The molecule has 1 amide bonds. The van der Waals surface area contributed by atoms with Gasteiger partial charge in [-0.25, -0.2) is 0 Å². The Kier molecular flexibility index (Phi) is 6.25. The van der Waals surface area contributed by atoms with Crippen molar-refractivity contribution in [1.82, 2.24) is 0 Å². The van der Waals surface area contributed by atoms with Gasteiger partial charge >= 0.3 is 0 Å². The minimum Gasteiger partial charge on any atom is -0.476 e. The molecule has 0 aliphatic rings. The van der Waals surface area contributed by atoms with Crippen LogP contribution in [0, 0.1) is 27.7 Å². The van der Waals surface area contributed by atoms with Crippen molar-refractivity contribution in [3.63, 3.8) is 0 Å². The topological polar surface area (TPSA) is 68.5 Å². The summed E-state index contributed by atoms with van der Waals surface area (Å²) < 4.78 is 11.8. The molecule has 0 atom stereocenters. The third-order valence-electron chi connectivity index (χ3n) is 5.41. The van der Waals surface area contributed by atoms with Crippen molar-refractivity contribution in [2.75, 3.05) is 11.9 Å². The molecular weight excluding hydrogens is 438 g/mol. The maximum atomic E-state index is 13.3. The monoisotopic (exact) mass is 461 g/mol. The molecule has 1 N–H and O–H groups in total. The van der Waals surface area contributed by atoms with E-state index >= 15 is 0 Å². The van der Waals surface area contributed by atoms with Gasteiger partial charge in [-0.05, 0) is 63.1 Å². The molecule has 0 saturated heterocycles. The van der Waals surface area contributed by atoms with Gasteiger partial charge in [0, 0.05) is 11.3 Å². The molecule has 168 valence electrons. The Morgan fingerprint density at radius 2 is 1.67 bits per heavy atom. The fourth-order valence-electron chi connectivity index (χ4n) is 3.94. The quantitative estimate of drug-likeness (QED) is 0.375. The van der Waals surface area contributed by atoms with Crippen molar-refractivity contribution in [1.29, 1.82) is 0 Å². The Hall–Kier alpha value is -3.57. The first-order chi connectivity index (χ1) is 15.7. The SMILES string of the molecule is Cc1cc(C)c(NC(=O)COc2c(-c3ccccc3Cl)oc3ccc(C)cc3c2=O)c(C)c1. The number of aryl methyl sites for hydroxylation is 4. The van der Waals surface area contributed by atoms with Gasteiger partial charge in [0.2, 0.25) is 11.2 Å². The van der Waals surface area contributed by atoms with E-state index in [1.54, 1.807) is 36.4 Å². The lowest BCUT2D eigenvalue weighted by atomic mass is 10.1. The average Bonchev–Trinajstić information content (AvgIpc) is 2.76. The lowest BCUT2D eigenvalue weighted by Crippen LogP contribution is -2.23. The van der Waals surface area contributed by atoms with Crippen LogP contribution in [0.2, 0.25) is 5.02 Å². The maximum absolute atomic E-state index is 13.3. The minimum absolute atomic E-state index is 0.0475. The normalized spacial score (nSPS) is 10.9. The molecule has 4 rings (SSSR count). The second-order valence-electron chi connectivity index (χ2n) is 8.18. The third kappa shape index (κ3) is 4.64. The number of ether oxygens (including phenoxy) is 1. The van der Waals surface area contributed by atoms with Gasteiger partial charge in [0.05, 0.1) is 10.4 Å². The molecule has 0 fully saturated rings. The molecular formula is C27H24ClNO4. The summed E-state index contributed by atoms with van der Waals surface area (Å²) in [6, 6.07) is 16.4. The summed E-state index contributed by atoms with van der Waals surface area (Å²) in [4.78, 5) is 26.1. The standard InChI is InChI=1S/C27H24ClNO4/c1-15-9-10-22-20(13-15)25(31)27(26(33-22)19-7-5-6-8-21(19)28)32-14-23(30)29-24-17(3)11-16(2)12-18(24)4/h5-13H,14H2,1-4H3,(H,29,30). The molecule has 1 aromatic heterocycles. The van der Waals surface area contributed by atoms with Gasteiger partial charge in [0.1, 0.15) is 5.58 Å². The van der Waals surface area contributed by atoms with Gasteiger partial charge in [-0.3, -0.25) is 9.59 Å². The van der Waals surface area contributed by atoms with Crippen LogP contribution in [0.1, 0.15) is 22.3 Å². The van der Waals surface area contributed by atoms with Crippen LogP contribution >= 0.6 is 11.6 Å². The zero-order chi connectivity index (χ0) is 23.7. The van der Waals surface area contributed by atoms with Crippen LogP contribution in [0.25, 0.3) is 22.3 Å². The van der Waals surface area contributed by atoms with E-state index < -0.39 is 0 Å². The van der Waals surface area contributed by atoms with Crippen molar-refractivity contribution in [3.8, 4) is 17.1 Å². The highest BCUT2D eigenvalue weighted by Crippen LogP contribution is 2.35. The summed E-state index contributed by atoms with van der Waals surface area (Å²) in [6.07, 6.45) is 0. The van der Waals surface area contributed by atoms with Gasteiger partial charge in [0.25, 0.3) is 5.91 Å². The molecule has 33 heavy (non-hydrogen) atoms. The van der Waals surface area contributed by atoms with Crippen LogP contribution in [0.3, 0.4) is 0 Å². The minimum atomic E-state index is -0.376. The van der Waals surface area contributed by atoms with E-state index in [9.17, 15) is 9.59 Å². The number of carbonyl (C=O) groups excluding carboxylic acids is 1. The first-order valence-electron chi connectivity index (χ1n) is 10.6. The number of hydrogen-bond acceptors (Lipinski definition) is 4.